The van der Waals surface area contributed by atoms with Gasteiger partial charge < -0.3 is 9.64 Å². The van der Waals surface area contributed by atoms with Gasteiger partial charge in [0, 0.05) is 51.8 Å². The summed E-state index contributed by atoms with van der Waals surface area (Å²) < 4.78 is 10.1. The van der Waals surface area contributed by atoms with E-state index >= 15 is 0 Å². The van der Waals surface area contributed by atoms with Crippen LogP contribution in [0.25, 0.3) is 0 Å². The summed E-state index contributed by atoms with van der Waals surface area (Å²) in [6.45, 7) is 19.9. The zero-order valence-electron chi connectivity index (χ0n) is 28.1. The molecule has 232 valence electrons. The van der Waals surface area contributed by atoms with E-state index in [1.165, 1.54) is 45.0 Å². The number of hydrogen-bond acceptors (Lipinski definition) is 3. The monoisotopic (exact) mass is 601 g/mol. The van der Waals surface area contributed by atoms with Crippen molar-refractivity contribution in [3.63, 3.8) is 0 Å². The van der Waals surface area contributed by atoms with Crippen LogP contribution in [-0.2, 0) is 10.8 Å². The largest absolute Gasteiger partial charge is 0.450 e. The molecule has 0 spiro atoms. The van der Waals surface area contributed by atoms with E-state index in [2.05, 4.69) is 126 Å². The Labute approximate surface area is 268 Å². The Morgan fingerprint density at radius 3 is 2.33 bits per heavy atom. The maximum absolute atomic E-state index is 10.1. The fourth-order valence-electron chi connectivity index (χ4n) is 7.39. The Hall–Kier alpha value is -4.38. The van der Waals surface area contributed by atoms with Crippen molar-refractivity contribution in [1.29, 1.82) is 0 Å². The molecule has 0 saturated carbocycles. The standard InChI is InChI=1S/C40H47N3O2/c1-9-42-34-19-13-27(3)24-32(34)39(5,6)36(42)21-17-29-15-16-30(38(29)45-31-12-11-23-41(44)26-31)18-22-37-40(7,8)33-25-28(4)14-20-35(33)43(37)10-2/h11-14,17-26,44H,9-10,15-16H2,1-8H3/q+2. The fourth-order valence-corrected chi connectivity index (χ4v) is 7.39. The molecule has 2 aromatic carbocycles. The van der Waals surface area contributed by atoms with Gasteiger partial charge >= 0.3 is 0 Å². The van der Waals surface area contributed by atoms with Crippen LogP contribution < -0.4 is 14.4 Å². The number of anilines is 1. The van der Waals surface area contributed by atoms with Crippen molar-refractivity contribution in [2.24, 2.45) is 0 Å². The highest BCUT2D eigenvalue weighted by Crippen LogP contribution is 2.48. The molecule has 1 N–H and O–H groups in total. The van der Waals surface area contributed by atoms with E-state index in [0.717, 1.165) is 47.6 Å². The number of benzene rings is 2. The van der Waals surface area contributed by atoms with Gasteiger partial charge in [0.05, 0.1) is 5.41 Å². The molecule has 0 saturated heterocycles. The molecule has 45 heavy (non-hydrogen) atoms. The first kappa shape index (κ1) is 30.6. The van der Waals surface area contributed by atoms with Gasteiger partial charge in [-0.2, -0.15) is 4.58 Å². The topological polar surface area (TPSA) is 39.6 Å². The second-order valence-electron chi connectivity index (χ2n) is 13.6. The van der Waals surface area contributed by atoms with Crippen LogP contribution in [0.5, 0.6) is 5.75 Å². The van der Waals surface area contributed by atoms with Gasteiger partial charge in [-0.1, -0.05) is 49.2 Å². The summed E-state index contributed by atoms with van der Waals surface area (Å²) >= 11 is 0. The third-order valence-electron chi connectivity index (χ3n) is 9.84. The first-order valence-corrected chi connectivity index (χ1v) is 16.3. The molecule has 5 heteroatoms. The van der Waals surface area contributed by atoms with Gasteiger partial charge in [0.25, 0.3) is 6.20 Å². The van der Waals surface area contributed by atoms with E-state index in [4.69, 9.17) is 4.74 Å². The van der Waals surface area contributed by atoms with Crippen molar-refractivity contribution in [1.82, 2.24) is 0 Å². The van der Waals surface area contributed by atoms with Crippen LogP contribution >= 0.6 is 0 Å². The Bertz CT molecular complexity index is 1830. The van der Waals surface area contributed by atoms with Crippen molar-refractivity contribution in [3.8, 4) is 5.75 Å². The van der Waals surface area contributed by atoms with Crippen molar-refractivity contribution in [2.45, 2.75) is 79.1 Å². The Morgan fingerprint density at radius 2 is 1.62 bits per heavy atom. The number of pyridine rings is 1. The Morgan fingerprint density at radius 1 is 0.889 bits per heavy atom. The first-order valence-electron chi connectivity index (χ1n) is 16.3. The van der Waals surface area contributed by atoms with Gasteiger partial charge in [0.2, 0.25) is 11.9 Å². The summed E-state index contributed by atoms with van der Waals surface area (Å²) in [7, 11) is 0. The number of aryl methyl sites for hydroxylation is 2. The summed E-state index contributed by atoms with van der Waals surface area (Å²) in [4.78, 5) is 2.44. The predicted molar refractivity (Wildman–Crippen MR) is 183 cm³/mol. The van der Waals surface area contributed by atoms with Crippen LogP contribution in [-0.4, -0.2) is 28.6 Å². The van der Waals surface area contributed by atoms with Crippen molar-refractivity contribution in [3.05, 3.63) is 130 Å². The van der Waals surface area contributed by atoms with E-state index in [1.807, 2.05) is 6.07 Å². The molecule has 3 aromatic rings. The highest BCUT2D eigenvalue weighted by atomic mass is 16.5. The smallest absolute Gasteiger partial charge is 0.264 e. The lowest BCUT2D eigenvalue weighted by atomic mass is 9.80. The van der Waals surface area contributed by atoms with E-state index < -0.39 is 0 Å². The van der Waals surface area contributed by atoms with Crippen LogP contribution in [0.4, 0.5) is 11.4 Å². The lowest BCUT2D eigenvalue weighted by Crippen LogP contribution is -2.28. The van der Waals surface area contributed by atoms with E-state index in [1.54, 1.807) is 18.5 Å². The predicted octanol–water partition coefficient (Wildman–Crippen LogP) is 8.54. The highest BCUT2D eigenvalue weighted by Gasteiger charge is 2.44. The summed E-state index contributed by atoms with van der Waals surface area (Å²) in [5, 5.41) is 10.1. The van der Waals surface area contributed by atoms with E-state index in [0.29, 0.717) is 5.75 Å². The molecule has 0 amide bonds. The lowest BCUT2D eigenvalue weighted by molar-refractivity contribution is -0.904. The molecule has 0 unspecified atom stereocenters. The third kappa shape index (κ3) is 5.32. The molecule has 1 aliphatic carbocycles. The Kier molecular flexibility index (Phi) is 7.84. The number of rotatable bonds is 7. The third-order valence-corrected chi connectivity index (χ3v) is 9.84. The van der Waals surface area contributed by atoms with Crippen molar-refractivity contribution < 1.29 is 19.3 Å². The molecule has 0 radical (unpaired) electrons. The maximum atomic E-state index is 10.1. The molecule has 0 atom stereocenters. The molecule has 3 heterocycles. The minimum Gasteiger partial charge on any atom is -0.450 e. The van der Waals surface area contributed by atoms with Crippen molar-refractivity contribution >= 4 is 17.1 Å². The molecule has 3 aliphatic rings. The second kappa shape index (κ2) is 11.5. The quantitative estimate of drug-likeness (QED) is 0.218. The molecule has 0 fully saturated rings. The van der Waals surface area contributed by atoms with Gasteiger partial charge in [-0.05, 0) is 101 Å². The molecule has 2 aliphatic heterocycles. The summed E-state index contributed by atoms with van der Waals surface area (Å²) in [5.41, 5.74) is 12.6. The zero-order chi connectivity index (χ0) is 32.1. The molecule has 0 bridgehead atoms. The van der Waals surface area contributed by atoms with Crippen LogP contribution in [0.2, 0.25) is 0 Å². The molecular weight excluding hydrogens is 554 g/mol. The van der Waals surface area contributed by atoms with Crippen LogP contribution in [0.15, 0.2) is 108 Å². The molecule has 5 nitrogen and oxygen atoms in total. The number of likely N-dealkylation sites (N-methyl/N-ethyl adjacent to an activating group) is 1. The highest BCUT2D eigenvalue weighted by molar-refractivity contribution is 6.03. The van der Waals surface area contributed by atoms with Gasteiger partial charge in [0.15, 0.2) is 11.5 Å². The van der Waals surface area contributed by atoms with E-state index in [9.17, 15) is 5.21 Å². The number of ether oxygens (including phenoxy) is 1. The summed E-state index contributed by atoms with van der Waals surface area (Å²) in [5.74, 6) is 1.47. The SMILES string of the molecule is CCN1C(=CC=C2CCC(C=CC3=[N+](CC)c4ccc(C)cc4C3(C)C)=C2Oc2ccc[n+](O)c2)C(C)(C)c2cc(C)ccc21. The average molecular weight is 602 g/mol. The molecular formula is C40H47N3O2+2. The number of aromatic nitrogens is 1. The fraction of sp³-hybridized carbons (Fsp3) is 0.350. The first-order chi connectivity index (χ1) is 21.4. The number of nitrogens with zero attached hydrogens (tertiary/aromatic N) is 3. The number of allylic oxidation sites excluding steroid dienone is 7. The normalized spacial score (nSPS) is 20.2. The molecule has 6 rings (SSSR count). The number of fused-ring (bicyclic) bond motifs is 2. The van der Waals surface area contributed by atoms with Gasteiger partial charge in [-0.25, -0.2) is 0 Å². The minimum absolute atomic E-state index is 0.107. The van der Waals surface area contributed by atoms with E-state index in [-0.39, 0.29) is 10.8 Å². The average Bonchev–Trinajstić information content (AvgIpc) is 3.55. The van der Waals surface area contributed by atoms with Gasteiger partial charge in [0.1, 0.15) is 12.3 Å². The van der Waals surface area contributed by atoms with Crippen molar-refractivity contribution in [2.75, 3.05) is 18.0 Å². The minimum atomic E-state index is -0.107. The second-order valence-corrected chi connectivity index (χ2v) is 13.6. The number of hydrogen-bond donors (Lipinski definition) is 1. The maximum Gasteiger partial charge on any atom is 0.264 e. The summed E-state index contributed by atoms with van der Waals surface area (Å²) in [6, 6.07) is 17.3. The van der Waals surface area contributed by atoms with Crippen LogP contribution in [0.3, 0.4) is 0 Å². The van der Waals surface area contributed by atoms with Crippen LogP contribution in [0.1, 0.15) is 76.6 Å². The van der Waals surface area contributed by atoms with Gasteiger partial charge in [-0.15, -0.1) is 0 Å². The summed E-state index contributed by atoms with van der Waals surface area (Å²) in [6.07, 6.45) is 14.1. The Balaban J connectivity index is 1.42. The zero-order valence-corrected chi connectivity index (χ0v) is 28.1. The van der Waals surface area contributed by atoms with Crippen LogP contribution in [0, 0.1) is 13.8 Å². The van der Waals surface area contributed by atoms with Gasteiger partial charge in [-0.3, -0.25) is 5.21 Å². The lowest BCUT2D eigenvalue weighted by Gasteiger charge is -2.26. The molecule has 1 aromatic heterocycles.